The van der Waals surface area contributed by atoms with Gasteiger partial charge in [-0.15, -0.1) is 0 Å². The summed E-state index contributed by atoms with van der Waals surface area (Å²) in [6, 6.07) is 28.4. The Balaban J connectivity index is 1.49. The molecule has 1 amide bonds. The number of nitrogens with zero attached hydrogens (tertiary/aromatic N) is 1. The largest absolute Gasteiger partial charge is 0.488 e. The van der Waals surface area contributed by atoms with Gasteiger partial charge in [-0.3, -0.25) is 4.79 Å². The zero-order valence-electron chi connectivity index (χ0n) is 21.0. The predicted octanol–water partition coefficient (Wildman–Crippen LogP) is 5.43. The van der Waals surface area contributed by atoms with Crippen LogP contribution >= 0.6 is 0 Å². The fraction of sp³-hybridized carbons (Fsp3) is 0.161. The fourth-order valence-corrected chi connectivity index (χ4v) is 3.97. The van der Waals surface area contributed by atoms with Crippen molar-refractivity contribution in [2.75, 3.05) is 32.1 Å². The van der Waals surface area contributed by atoms with E-state index < -0.39 is 5.97 Å². The predicted molar refractivity (Wildman–Crippen MR) is 148 cm³/mol. The quantitative estimate of drug-likeness (QED) is 0.288. The van der Waals surface area contributed by atoms with E-state index in [0.717, 1.165) is 27.6 Å². The molecule has 0 aromatic heterocycles. The van der Waals surface area contributed by atoms with Crippen molar-refractivity contribution in [1.29, 1.82) is 0 Å². The summed E-state index contributed by atoms with van der Waals surface area (Å²) in [5, 5.41) is 14.2. The normalized spacial score (nSPS) is 11.2. The highest BCUT2D eigenvalue weighted by atomic mass is 16.5. The third-order valence-electron chi connectivity index (χ3n) is 6.07. The van der Waals surface area contributed by atoms with Crippen LogP contribution < -0.4 is 15.0 Å². The topological polar surface area (TPSA) is 78.9 Å². The van der Waals surface area contributed by atoms with E-state index in [4.69, 9.17) is 4.74 Å². The zero-order chi connectivity index (χ0) is 26.2. The van der Waals surface area contributed by atoms with E-state index in [2.05, 4.69) is 29.6 Å². The van der Waals surface area contributed by atoms with E-state index in [1.54, 1.807) is 18.2 Å². The Morgan fingerprint density at radius 2 is 1.59 bits per heavy atom. The molecule has 37 heavy (non-hydrogen) atoms. The summed E-state index contributed by atoms with van der Waals surface area (Å²) in [5.74, 6) is -0.530. The number of carbonyl (C=O) groups excluding carboxylic acids is 1. The Kier molecular flexibility index (Phi) is 8.21. The van der Waals surface area contributed by atoms with Gasteiger partial charge in [-0.2, -0.15) is 0 Å². The van der Waals surface area contributed by atoms with Gasteiger partial charge in [0.25, 0.3) is 5.91 Å². The van der Waals surface area contributed by atoms with E-state index in [1.807, 2.05) is 61.5 Å². The minimum atomic E-state index is -0.994. The summed E-state index contributed by atoms with van der Waals surface area (Å²) in [6.45, 7) is 0.543. The number of carbonyl (C=O) groups is 2. The molecule has 0 saturated carbocycles. The van der Waals surface area contributed by atoms with Crippen molar-refractivity contribution in [2.45, 2.75) is 6.42 Å². The number of amides is 1. The molecule has 4 rings (SSSR count). The SMILES string of the molecule is CN(C)c1ccc(CCNC(=O)C(=Cc2ccc(C(=O)O)cc2)COc2cccc3ccccc23)cc1. The molecule has 4 aromatic carbocycles. The number of nitrogens with one attached hydrogen (secondary N) is 1. The molecule has 6 nitrogen and oxygen atoms in total. The van der Waals surface area contributed by atoms with Crippen molar-refractivity contribution in [2.24, 2.45) is 0 Å². The first kappa shape index (κ1) is 25.5. The van der Waals surface area contributed by atoms with Gasteiger partial charge in [0.15, 0.2) is 0 Å². The van der Waals surface area contributed by atoms with Crippen molar-refractivity contribution >= 4 is 34.4 Å². The van der Waals surface area contributed by atoms with Gasteiger partial charge in [-0.1, -0.05) is 60.7 Å². The monoisotopic (exact) mass is 494 g/mol. The molecule has 188 valence electrons. The molecular formula is C31H30N2O4. The summed E-state index contributed by atoms with van der Waals surface area (Å²) in [7, 11) is 4.00. The summed E-state index contributed by atoms with van der Waals surface area (Å²) in [6.07, 6.45) is 2.43. The highest BCUT2D eigenvalue weighted by Crippen LogP contribution is 2.26. The van der Waals surface area contributed by atoms with Crippen LogP contribution in [0.1, 0.15) is 21.5 Å². The third-order valence-corrected chi connectivity index (χ3v) is 6.07. The van der Waals surface area contributed by atoms with E-state index in [1.165, 1.54) is 12.1 Å². The van der Waals surface area contributed by atoms with Crippen molar-refractivity contribution in [3.63, 3.8) is 0 Å². The molecule has 0 aliphatic carbocycles. The van der Waals surface area contributed by atoms with Gasteiger partial charge >= 0.3 is 5.97 Å². The second-order valence-electron chi connectivity index (χ2n) is 8.93. The lowest BCUT2D eigenvalue weighted by Gasteiger charge is -2.14. The van der Waals surface area contributed by atoms with E-state index in [0.29, 0.717) is 24.3 Å². The molecular weight excluding hydrogens is 464 g/mol. The Morgan fingerprint density at radius 1 is 0.892 bits per heavy atom. The number of benzene rings is 4. The van der Waals surface area contributed by atoms with Crippen LogP contribution in [0.3, 0.4) is 0 Å². The van der Waals surface area contributed by atoms with Crippen molar-refractivity contribution in [3.8, 4) is 5.75 Å². The number of aromatic carboxylic acids is 1. The Labute approximate surface area is 216 Å². The van der Waals surface area contributed by atoms with Gasteiger partial charge in [0.05, 0.1) is 11.1 Å². The zero-order valence-corrected chi connectivity index (χ0v) is 21.0. The third kappa shape index (κ3) is 6.76. The molecule has 2 N–H and O–H groups in total. The molecule has 0 unspecified atom stereocenters. The molecule has 6 heteroatoms. The van der Waals surface area contributed by atoms with Crippen LogP contribution in [0, 0.1) is 0 Å². The lowest BCUT2D eigenvalue weighted by Crippen LogP contribution is -2.29. The van der Waals surface area contributed by atoms with E-state index in [9.17, 15) is 14.7 Å². The minimum Gasteiger partial charge on any atom is -0.488 e. The smallest absolute Gasteiger partial charge is 0.335 e. The molecule has 0 aliphatic rings. The van der Waals surface area contributed by atoms with Crippen LogP contribution in [-0.2, 0) is 11.2 Å². The first-order valence-electron chi connectivity index (χ1n) is 12.1. The summed E-state index contributed by atoms with van der Waals surface area (Å²) in [5.41, 5.74) is 3.61. The standard InChI is InChI=1S/C31H30N2O4/c1-33(2)27-16-12-22(13-17-27)18-19-32-30(34)26(20-23-10-14-25(15-11-23)31(35)36)21-37-29-9-5-7-24-6-3-4-8-28(24)29/h3-17,20H,18-19,21H2,1-2H3,(H,32,34)(H,35,36). The summed E-state index contributed by atoms with van der Waals surface area (Å²) >= 11 is 0. The Hall–Kier alpha value is -4.58. The molecule has 0 radical (unpaired) electrons. The van der Waals surface area contributed by atoms with Crippen molar-refractivity contribution < 1.29 is 19.4 Å². The Morgan fingerprint density at radius 3 is 2.30 bits per heavy atom. The van der Waals surface area contributed by atoms with Crippen molar-refractivity contribution in [1.82, 2.24) is 5.32 Å². The maximum atomic E-state index is 13.2. The summed E-state index contributed by atoms with van der Waals surface area (Å²) in [4.78, 5) is 26.4. The van der Waals surface area contributed by atoms with Crippen LogP contribution in [0.25, 0.3) is 16.8 Å². The lowest BCUT2D eigenvalue weighted by molar-refractivity contribution is -0.117. The number of hydrogen-bond donors (Lipinski definition) is 2. The number of ether oxygens (including phenoxy) is 1. The first-order valence-corrected chi connectivity index (χ1v) is 12.1. The average Bonchev–Trinajstić information content (AvgIpc) is 2.91. The number of fused-ring (bicyclic) bond motifs is 1. The maximum Gasteiger partial charge on any atom is 0.335 e. The molecule has 0 fully saturated rings. The van der Waals surface area contributed by atoms with Crippen LogP contribution in [0.5, 0.6) is 5.75 Å². The van der Waals surface area contributed by atoms with Crippen LogP contribution in [0.2, 0.25) is 0 Å². The molecule has 0 bridgehead atoms. The van der Waals surface area contributed by atoms with Gasteiger partial charge in [-0.25, -0.2) is 4.79 Å². The molecule has 0 atom stereocenters. The molecule has 4 aromatic rings. The number of anilines is 1. The Bertz CT molecular complexity index is 1400. The molecule has 0 heterocycles. The van der Waals surface area contributed by atoms with Gasteiger partial charge < -0.3 is 20.1 Å². The summed E-state index contributed by atoms with van der Waals surface area (Å²) < 4.78 is 6.11. The number of carboxylic acid groups (broad SMARTS) is 1. The van der Waals surface area contributed by atoms with Crippen LogP contribution in [0.15, 0.2) is 96.6 Å². The highest BCUT2D eigenvalue weighted by molar-refractivity contribution is 5.98. The highest BCUT2D eigenvalue weighted by Gasteiger charge is 2.12. The number of rotatable bonds is 10. The minimum absolute atomic E-state index is 0.0675. The second kappa shape index (κ2) is 11.9. The lowest BCUT2D eigenvalue weighted by atomic mass is 10.1. The molecule has 0 saturated heterocycles. The average molecular weight is 495 g/mol. The van der Waals surface area contributed by atoms with Gasteiger partial charge in [0.1, 0.15) is 12.4 Å². The van der Waals surface area contributed by atoms with Gasteiger partial charge in [-0.05, 0) is 59.3 Å². The number of hydrogen-bond acceptors (Lipinski definition) is 4. The fourth-order valence-electron chi connectivity index (χ4n) is 3.97. The van der Waals surface area contributed by atoms with E-state index in [-0.39, 0.29) is 18.1 Å². The van der Waals surface area contributed by atoms with Crippen molar-refractivity contribution in [3.05, 3.63) is 113 Å². The van der Waals surface area contributed by atoms with E-state index >= 15 is 0 Å². The van der Waals surface area contributed by atoms with Gasteiger partial charge in [0, 0.05) is 31.7 Å². The maximum absolute atomic E-state index is 13.2. The molecule has 0 spiro atoms. The molecule has 0 aliphatic heterocycles. The number of carboxylic acids is 1. The van der Waals surface area contributed by atoms with Gasteiger partial charge in [0.2, 0.25) is 0 Å². The van der Waals surface area contributed by atoms with Crippen LogP contribution in [-0.4, -0.2) is 44.2 Å². The van der Waals surface area contributed by atoms with Crippen LogP contribution in [0.4, 0.5) is 5.69 Å². The first-order chi connectivity index (χ1) is 17.9. The second-order valence-corrected chi connectivity index (χ2v) is 8.93.